The molecule has 0 fully saturated rings. The van der Waals surface area contributed by atoms with E-state index in [2.05, 4.69) is 5.73 Å². The molecule has 0 atom stereocenters. The second-order valence-corrected chi connectivity index (χ2v) is 2.43. The van der Waals surface area contributed by atoms with E-state index in [1.165, 1.54) is 5.56 Å². The van der Waals surface area contributed by atoms with E-state index in [1.54, 1.807) is 12.1 Å². The van der Waals surface area contributed by atoms with Crippen LogP contribution in [0.2, 0.25) is 0 Å². The fourth-order valence-electron chi connectivity index (χ4n) is 0.545. The SMILES string of the molecule is C.CC.Cc1ccc(O)cc1.NCC(=O)O. The molecular weight excluding hydrogens is 206 g/mol. The normalized spacial score (nSPS) is 7.25. The number of aryl methyl sites for hydroxylation is 1. The number of carboxylic acids is 1. The first-order valence-electron chi connectivity index (χ1n) is 4.73. The van der Waals surface area contributed by atoms with Crippen LogP contribution in [-0.2, 0) is 4.79 Å². The Morgan fingerprint density at radius 1 is 1.25 bits per heavy atom. The van der Waals surface area contributed by atoms with Gasteiger partial charge in [-0.25, -0.2) is 0 Å². The summed E-state index contributed by atoms with van der Waals surface area (Å²) in [6.45, 7) is 5.71. The van der Waals surface area contributed by atoms with Gasteiger partial charge in [0.2, 0.25) is 0 Å². The van der Waals surface area contributed by atoms with Crippen molar-refractivity contribution in [2.24, 2.45) is 5.73 Å². The Balaban J connectivity index is -0.000000187. The molecule has 0 aromatic heterocycles. The van der Waals surface area contributed by atoms with E-state index in [4.69, 9.17) is 10.2 Å². The van der Waals surface area contributed by atoms with Crippen molar-refractivity contribution in [3.63, 3.8) is 0 Å². The van der Waals surface area contributed by atoms with E-state index >= 15 is 0 Å². The third-order valence-electron chi connectivity index (χ3n) is 1.21. The molecule has 4 heteroatoms. The van der Waals surface area contributed by atoms with Crippen molar-refractivity contribution in [1.29, 1.82) is 0 Å². The Hall–Kier alpha value is -1.55. The Kier molecular flexibility index (Phi) is 16.8. The molecule has 0 heterocycles. The summed E-state index contributed by atoms with van der Waals surface area (Å²) in [7, 11) is 0. The van der Waals surface area contributed by atoms with Crippen LogP contribution in [0.5, 0.6) is 5.75 Å². The molecule has 1 rings (SSSR count). The Bertz CT molecular complexity index is 236. The van der Waals surface area contributed by atoms with E-state index < -0.39 is 5.97 Å². The zero-order valence-corrected chi connectivity index (χ0v) is 9.40. The van der Waals surface area contributed by atoms with Gasteiger partial charge in [0, 0.05) is 0 Å². The lowest BCUT2D eigenvalue weighted by molar-refractivity contribution is -0.135. The van der Waals surface area contributed by atoms with Crippen molar-refractivity contribution in [2.45, 2.75) is 28.2 Å². The van der Waals surface area contributed by atoms with Gasteiger partial charge in [-0.15, -0.1) is 0 Å². The lowest BCUT2D eigenvalue weighted by Crippen LogP contribution is -2.10. The highest BCUT2D eigenvalue weighted by Gasteiger charge is 1.82. The van der Waals surface area contributed by atoms with Crippen molar-refractivity contribution < 1.29 is 15.0 Å². The van der Waals surface area contributed by atoms with Crippen LogP contribution in [0.15, 0.2) is 24.3 Å². The van der Waals surface area contributed by atoms with Crippen LogP contribution in [0, 0.1) is 6.92 Å². The number of hydrogen-bond donors (Lipinski definition) is 3. The third kappa shape index (κ3) is 14.9. The smallest absolute Gasteiger partial charge is 0.317 e. The van der Waals surface area contributed by atoms with Crippen molar-refractivity contribution >= 4 is 5.97 Å². The van der Waals surface area contributed by atoms with Crippen molar-refractivity contribution in [1.82, 2.24) is 0 Å². The average Bonchev–Trinajstić information content (AvgIpc) is 2.26. The van der Waals surface area contributed by atoms with Gasteiger partial charge in [0.15, 0.2) is 0 Å². The highest BCUT2D eigenvalue weighted by Crippen LogP contribution is 2.07. The Morgan fingerprint density at radius 3 is 1.75 bits per heavy atom. The maximum Gasteiger partial charge on any atom is 0.317 e. The zero-order chi connectivity index (χ0) is 12.3. The number of benzene rings is 1. The molecule has 1 aromatic carbocycles. The van der Waals surface area contributed by atoms with Gasteiger partial charge in [-0.3, -0.25) is 4.79 Å². The summed E-state index contributed by atoms with van der Waals surface area (Å²) in [5.41, 5.74) is 5.74. The van der Waals surface area contributed by atoms with Crippen LogP contribution >= 0.6 is 0 Å². The molecule has 94 valence electrons. The van der Waals surface area contributed by atoms with Crippen LogP contribution in [0.3, 0.4) is 0 Å². The summed E-state index contributed by atoms with van der Waals surface area (Å²) in [4.78, 5) is 9.24. The minimum Gasteiger partial charge on any atom is -0.508 e. The fourth-order valence-corrected chi connectivity index (χ4v) is 0.545. The summed E-state index contributed by atoms with van der Waals surface area (Å²) in [5.74, 6) is -0.638. The Morgan fingerprint density at radius 2 is 1.56 bits per heavy atom. The van der Waals surface area contributed by atoms with E-state index in [0.29, 0.717) is 5.75 Å². The van der Waals surface area contributed by atoms with Gasteiger partial charge in [-0.1, -0.05) is 39.0 Å². The minimum absolute atomic E-state index is 0. The largest absolute Gasteiger partial charge is 0.508 e. The van der Waals surface area contributed by atoms with Crippen LogP contribution in [0.4, 0.5) is 0 Å². The zero-order valence-electron chi connectivity index (χ0n) is 9.40. The molecule has 0 saturated heterocycles. The number of phenols is 1. The second-order valence-electron chi connectivity index (χ2n) is 2.43. The average molecular weight is 229 g/mol. The summed E-state index contributed by atoms with van der Waals surface area (Å²) in [5, 5.41) is 16.4. The molecule has 4 N–H and O–H groups in total. The maximum atomic E-state index is 9.24. The van der Waals surface area contributed by atoms with Crippen LogP contribution < -0.4 is 5.73 Å². The van der Waals surface area contributed by atoms with Gasteiger partial charge in [0.05, 0.1) is 6.54 Å². The highest BCUT2D eigenvalue weighted by molar-refractivity contribution is 5.68. The summed E-state index contributed by atoms with van der Waals surface area (Å²) < 4.78 is 0. The molecule has 0 bridgehead atoms. The number of phenolic OH excluding ortho intramolecular Hbond substituents is 1. The summed E-state index contributed by atoms with van der Waals surface area (Å²) in [6.07, 6.45) is 0. The molecule has 4 nitrogen and oxygen atoms in total. The minimum atomic E-state index is -0.968. The predicted octanol–water partition coefficient (Wildman–Crippen LogP) is 2.39. The van der Waals surface area contributed by atoms with Crippen molar-refractivity contribution in [2.75, 3.05) is 6.54 Å². The summed E-state index contributed by atoms with van der Waals surface area (Å²) in [6, 6.07) is 7.09. The number of rotatable bonds is 1. The van der Waals surface area contributed by atoms with Gasteiger partial charge < -0.3 is 15.9 Å². The lowest BCUT2D eigenvalue weighted by atomic mass is 10.2. The van der Waals surface area contributed by atoms with Gasteiger partial charge in [-0.2, -0.15) is 0 Å². The van der Waals surface area contributed by atoms with Gasteiger partial charge >= 0.3 is 5.97 Å². The quantitative estimate of drug-likeness (QED) is 0.690. The summed E-state index contributed by atoms with van der Waals surface area (Å²) >= 11 is 0. The molecule has 1 aromatic rings. The first-order chi connectivity index (χ1) is 7.06. The molecule has 0 spiro atoms. The Labute approximate surface area is 97.7 Å². The predicted molar refractivity (Wildman–Crippen MR) is 67.6 cm³/mol. The molecular formula is C12H23NO3. The van der Waals surface area contributed by atoms with Gasteiger partial charge in [0.25, 0.3) is 0 Å². The first kappa shape index (κ1) is 19.9. The molecule has 0 amide bonds. The second kappa shape index (κ2) is 13.4. The number of carboxylic acid groups (broad SMARTS) is 1. The van der Waals surface area contributed by atoms with Crippen LogP contribution in [0.1, 0.15) is 26.8 Å². The fraction of sp³-hybridized carbons (Fsp3) is 0.417. The molecule has 16 heavy (non-hydrogen) atoms. The molecule has 0 aliphatic heterocycles. The van der Waals surface area contributed by atoms with Gasteiger partial charge in [-0.05, 0) is 19.1 Å². The van der Waals surface area contributed by atoms with Crippen molar-refractivity contribution in [3.05, 3.63) is 29.8 Å². The molecule has 0 unspecified atom stereocenters. The first-order valence-corrected chi connectivity index (χ1v) is 4.73. The maximum absolute atomic E-state index is 9.24. The monoisotopic (exact) mass is 229 g/mol. The highest BCUT2D eigenvalue weighted by atomic mass is 16.4. The van der Waals surface area contributed by atoms with E-state index in [-0.39, 0.29) is 14.0 Å². The molecule has 0 radical (unpaired) electrons. The topological polar surface area (TPSA) is 83.5 Å². The molecule has 0 saturated carbocycles. The standard InChI is InChI=1S/C7H8O.C2H5NO2.C2H6.CH4/c1-6-2-4-7(8)5-3-6;3-1-2(4)5;1-2;/h2-5,8H,1H3;1,3H2,(H,4,5);1-2H3;1H4. The number of carbonyl (C=O) groups is 1. The molecule has 0 aliphatic rings. The lowest BCUT2D eigenvalue weighted by Gasteiger charge is -1.89. The van der Waals surface area contributed by atoms with E-state index in [9.17, 15) is 4.79 Å². The number of hydrogen-bond acceptors (Lipinski definition) is 3. The van der Waals surface area contributed by atoms with Crippen molar-refractivity contribution in [3.8, 4) is 5.75 Å². The van der Waals surface area contributed by atoms with Crippen LogP contribution in [-0.4, -0.2) is 22.7 Å². The van der Waals surface area contributed by atoms with E-state index in [1.807, 2.05) is 32.9 Å². The van der Waals surface area contributed by atoms with E-state index in [0.717, 1.165) is 0 Å². The number of aliphatic carboxylic acids is 1. The van der Waals surface area contributed by atoms with Gasteiger partial charge in [0.1, 0.15) is 5.75 Å². The third-order valence-corrected chi connectivity index (χ3v) is 1.21. The number of nitrogens with two attached hydrogens (primary N) is 1. The molecule has 0 aliphatic carbocycles. The number of aromatic hydroxyl groups is 1. The van der Waals surface area contributed by atoms with Crippen LogP contribution in [0.25, 0.3) is 0 Å².